The summed E-state index contributed by atoms with van der Waals surface area (Å²) < 4.78 is 29.7. The van der Waals surface area contributed by atoms with Crippen molar-refractivity contribution in [3.05, 3.63) is 83.3 Å². The molecule has 42 heavy (non-hydrogen) atoms. The number of hydrogen-bond donors (Lipinski definition) is 3. The highest BCUT2D eigenvalue weighted by molar-refractivity contribution is 5.94. The number of fused-ring (bicyclic) bond motifs is 1. The Morgan fingerprint density at radius 2 is 1.90 bits per heavy atom. The predicted octanol–water partition coefficient (Wildman–Crippen LogP) is 4.52. The van der Waals surface area contributed by atoms with Crippen LogP contribution in [-0.4, -0.2) is 57.0 Å². The zero-order valence-electron chi connectivity index (χ0n) is 25.0. The zero-order chi connectivity index (χ0) is 30.7. The summed E-state index contributed by atoms with van der Waals surface area (Å²) in [7, 11) is 1.65. The number of imidazole rings is 1. The van der Waals surface area contributed by atoms with Crippen LogP contribution in [0, 0.1) is 11.6 Å². The molecule has 8 nitrogen and oxygen atoms in total. The van der Waals surface area contributed by atoms with E-state index in [1.807, 2.05) is 37.3 Å². The Kier molecular flexibility index (Phi) is 9.47. The van der Waals surface area contributed by atoms with Crippen LogP contribution in [0.15, 0.2) is 55.0 Å². The SMILES string of the molecule is CCC[C@H](N[C@H]1CCc2cc(F)cc(F)c2C1)C(=O)Nc1cn(C(C)(C)C(=O)N(C)CC(C)(O)c2ccccc2)cn1. The van der Waals surface area contributed by atoms with Crippen molar-refractivity contribution in [3.63, 3.8) is 0 Å². The minimum atomic E-state index is -1.24. The van der Waals surface area contributed by atoms with Crippen molar-refractivity contribution in [2.45, 2.75) is 83.0 Å². The number of benzene rings is 2. The third-order valence-corrected chi connectivity index (χ3v) is 8.09. The van der Waals surface area contributed by atoms with Gasteiger partial charge in [0.1, 0.15) is 22.8 Å². The molecule has 0 spiro atoms. The van der Waals surface area contributed by atoms with E-state index < -0.39 is 28.8 Å². The first-order valence-corrected chi connectivity index (χ1v) is 14.4. The Hall–Kier alpha value is -3.63. The molecule has 0 aliphatic heterocycles. The van der Waals surface area contributed by atoms with Crippen molar-refractivity contribution >= 4 is 17.6 Å². The highest BCUT2D eigenvalue weighted by atomic mass is 19.1. The molecule has 0 saturated heterocycles. The first-order valence-electron chi connectivity index (χ1n) is 14.4. The molecular weight excluding hydrogens is 540 g/mol. The van der Waals surface area contributed by atoms with Gasteiger partial charge in [-0.2, -0.15) is 0 Å². The van der Waals surface area contributed by atoms with Crippen LogP contribution in [0.2, 0.25) is 0 Å². The van der Waals surface area contributed by atoms with Crippen molar-refractivity contribution < 1.29 is 23.5 Å². The molecule has 0 saturated carbocycles. The van der Waals surface area contributed by atoms with E-state index >= 15 is 0 Å². The van der Waals surface area contributed by atoms with E-state index in [0.29, 0.717) is 48.2 Å². The highest BCUT2D eigenvalue weighted by Crippen LogP contribution is 2.27. The normalized spacial score (nSPS) is 17.2. The van der Waals surface area contributed by atoms with Crippen molar-refractivity contribution in [3.8, 4) is 0 Å². The molecule has 0 bridgehead atoms. The minimum Gasteiger partial charge on any atom is -0.384 e. The van der Waals surface area contributed by atoms with Crippen LogP contribution in [-0.2, 0) is 33.6 Å². The number of halogens is 2. The van der Waals surface area contributed by atoms with Gasteiger partial charge in [-0.25, -0.2) is 13.8 Å². The van der Waals surface area contributed by atoms with E-state index in [4.69, 9.17) is 0 Å². The Morgan fingerprint density at radius 1 is 1.19 bits per heavy atom. The van der Waals surface area contributed by atoms with Crippen LogP contribution < -0.4 is 10.6 Å². The number of rotatable bonds is 11. The largest absolute Gasteiger partial charge is 0.384 e. The van der Waals surface area contributed by atoms with Gasteiger partial charge in [0.15, 0.2) is 5.82 Å². The number of aromatic nitrogens is 2. The fraction of sp³-hybridized carbons (Fsp3) is 0.469. The molecule has 1 heterocycles. The van der Waals surface area contributed by atoms with E-state index in [1.54, 1.807) is 38.6 Å². The maximum atomic E-state index is 14.4. The van der Waals surface area contributed by atoms with Crippen molar-refractivity contribution in [1.29, 1.82) is 0 Å². The van der Waals surface area contributed by atoms with Crippen LogP contribution in [0.3, 0.4) is 0 Å². The van der Waals surface area contributed by atoms with E-state index in [0.717, 1.165) is 12.5 Å². The molecule has 1 aromatic heterocycles. The molecule has 226 valence electrons. The van der Waals surface area contributed by atoms with Gasteiger partial charge >= 0.3 is 0 Å². The summed E-state index contributed by atoms with van der Waals surface area (Å²) >= 11 is 0. The molecular formula is C32H41F2N5O3. The standard InChI is InChI=1S/C32H41F2N5O3/c1-6-10-27(36-24-14-13-21-15-23(33)16-26(34)25(21)17-24)29(40)37-28-18-39(20-35-28)31(2,3)30(41)38(5)19-32(4,42)22-11-8-7-9-12-22/h7-9,11-12,15-16,18,20,24,27,36,42H,6,10,13-14,17,19H2,1-5H3,(H,37,40)/t24-,27-,32?/m0/s1. The van der Waals surface area contributed by atoms with Gasteiger partial charge in [0.05, 0.1) is 18.9 Å². The molecule has 2 amide bonds. The Labute approximate surface area is 246 Å². The fourth-order valence-corrected chi connectivity index (χ4v) is 5.70. The number of nitrogens with zero attached hydrogens (tertiary/aromatic N) is 3. The van der Waals surface area contributed by atoms with E-state index in [-0.39, 0.29) is 24.4 Å². The van der Waals surface area contributed by atoms with Gasteiger partial charge in [0, 0.05) is 25.4 Å². The van der Waals surface area contributed by atoms with Crippen LogP contribution >= 0.6 is 0 Å². The van der Waals surface area contributed by atoms with Gasteiger partial charge in [-0.05, 0) is 69.2 Å². The summed E-state index contributed by atoms with van der Waals surface area (Å²) in [5.74, 6) is -1.32. The summed E-state index contributed by atoms with van der Waals surface area (Å²) in [6.07, 6.45) is 6.01. The quantitative estimate of drug-likeness (QED) is 0.309. The lowest BCUT2D eigenvalue weighted by Gasteiger charge is -2.35. The lowest BCUT2D eigenvalue weighted by Crippen LogP contribution is -2.49. The lowest BCUT2D eigenvalue weighted by atomic mass is 9.87. The van der Waals surface area contributed by atoms with E-state index in [2.05, 4.69) is 15.6 Å². The molecule has 3 aromatic rings. The van der Waals surface area contributed by atoms with Gasteiger partial charge < -0.3 is 25.2 Å². The second kappa shape index (κ2) is 12.7. The molecule has 1 aliphatic carbocycles. The number of carbonyl (C=O) groups excluding carboxylic acids is 2. The van der Waals surface area contributed by atoms with Crippen molar-refractivity contribution in [2.75, 3.05) is 18.9 Å². The van der Waals surface area contributed by atoms with Gasteiger partial charge in [-0.3, -0.25) is 9.59 Å². The molecule has 0 fully saturated rings. The molecule has 3 N–H and O–H groups in total. The number of amides is 2. The number of anilines is 1. The Bertz CT molecular complexity index is 1410. The first-order chi connectivity index (χ1) is 19.8. The monoisotopic (exact) mass is 581 g/mol. The third-order valence-electron chi connectivity index (χ3n) is 8.09. The van der Waals surface area contributed by atoms with Gasteiger partial charge in [-0.15, -0.1) is 0 Å². The second-order valence-electron chi connectivity index (χ2n) is 12.0. The van der Waals surface area contributed by atoms with E-state index in [1.165, 1.54) is 17.3 Å². The van der Waals surface area contributed by atoms with Gasteiger partial charge in [-0.1, -0.05) is 43.7 Å². The maximum absolute atomic E-state index is 14.4. The topological polar surface area (TPSA) is 99.5 Å². The number of carbonyl (C=O) groups is 2. The number of nitrogens with one attached hydrogen (secondary N) is 2. The second-order valence-corrected chi connectivity index (χ2v) is 12.0. The smallest absolute Gasteiger partial charge is 0.248 e. The lowest BCUT2D eigenvalue weighted by molar-refractivity contribution is -0.141. The summed E-state index contributed by atoms with van der Waals surface area (Å²) in [4.78, 5) is 32.6. The van der Waals surface area contributed by atoms with Crippen LogP contribution in [0.4, 0.5) is 14.6 Å². The van der Waals surface area contributed by atoms with Crippen molar-refractivity contribution in [2.24, 2.45) is 0 Å². The number of likely N-dealkylation sites (N-methyl/N-ethyl adjacent to an activating group) is 1. The fourth-order valence-electron chi connectivity index (χ4n) is 5.70. The number of hydrogen-bond acceptors (Lipinski definition) is 5. The number of aryl methyl sites for hydroxylation is 1. The predicted molar refractivity (Wildman–Crippen MR) is 158 cm³/mol. The molecule has 2 aromatic carbocycles. The van der Waals surface area contributed by atoms with Crippen LogP contribution in [0.1, 0.15) is 63.6 Å². The summed E-state index contributed by atoms with van der Waals surface area (Å²) in [5.41, 5.74) is -0.394. The average Bonchev–Trinajstić information content (AvgIpc) is 3.42. The van der Waals surface area contributed by atoms with E-state index in [9.17, 15) is 23.5 Å². The molecule has 1 unspecified atom stereocenters. The Balaban J connectivity index is 1.40. The first kappa shape index (κ1) is 31.3. The maximum Gasteiger partial charge on any atom is 0.248 e. The van der Waals surface area contributed by atoms with Crippen molar-refractivity contribution in [1.82, 2.24) is 19.8 Å². The molecule has 3 atom stereocenters. The summed E-state index contributed by atoms with van der Waals surface area (Å²) in [6.45, 7) is 7.25. The van der Waals surface area contributed by atoms with Gasteiger partial charge in [0.2, 0.25) is 11.8 Å². The summed E-state index contributed by atoms with van der Waals surface area (Å²) in [5, 5.41) is 17.3. The third kappa shape index (κ3) is 7.04. The Morgan fingerprint density at radius 3 is 2.60 bits per heavy atom. The van der Waals surface area contributed by atoms with Gasteiger partial charge in [0.25, 0.3) is 0 Å². The van der Waals surface area contributed by atoms with Crippen LogP contribution in [0.25, 0.3) is 0 Å². The zero-order valence-corrected chi connectivity index (χ0v) is 25.0. The number of aliphatic hydroxyl groups is 1. The molecule has 1 aliphatic rings. The molecule has 0 radical (unpaired) electrons. The minimum absolute atomic E-state index is 0.0897. The molecule has 10 heteroatoms. The molecule has 4 rings (SSSR count). The summed E-state index contributed by atoms with van der Waals surface area (Å²) in [6, 6.07) is 10.8. The van der Waals surface area contributed by atoms with Crippen LogP contribution in [0.5, 0.6) is 0 Å². The highest BCUT2D eigenvalue weighted by Gasteiger charge is 2.36. The average molecular weight is 582 g/mol.